The van der Waals surface area contributed by atoms with Gasteiger partial charge in [-0.2, -0.15) is 0 Å². The molecule has 3 aliphatic rings. The van der Waals surface area contributed by atoms with Crippen LogP contribution < -0.4 is 0 Å². The van der Waals surface area contributed by atoms with Gasteiger partial charge < -0.3 is 5.11 Å². The van der Waals surface area contributed by atoms with E-state index in [9.17, 15) is 5.11 Å². The number of rotatable bonds is 0. The molecule has 0 saturated heterocycles. The number of aryl methyl sites for hydroxylation is 1. The van der Waals surface area contributed by atoms with Crippen LogP contribution in [0.1, 0.15) is 56.1 Å². The molecular weight excluding hydrogens is 232 g/mol. The Balaban J connectivity index is 1.72. The lowest BCUT2D eigenvalue weighted by Gasteiger charge is -2.50. The molecule has 1 N–H and O–H groups in total. The summed E-state index contributed by atoms with van der Waals surface area (Å²) in [5.41, 5.74) is 3.43. The van der Waals surface area contributed by atoms with E-state index in [0.717, 1.165) is 24.2 Å². The molecule has 5 atom stereocenters. The summed E-state index contributed by atoms with van der Waals surface area (Å²) in [4.78, 5) is 0. The molecule has 1 aromatic carbocycles. The van der Waals surface area contributed by atoms with E-state index in [4.69, 9.17) is 0 Å². The maximum Gasteiger partial charge on any atom is 0.0596 e. The number of aliphatic hydroxyl groups is 1. The maximum absolute atomic E-state index is 10.4. The molecule has 0 aromatic heterocycles. The zero-order valence-electron chi connectivity index (χ0n) is 11.8. The van der Waals surface area contributed by atoms with Gasteiger partial charge in [-0.25, -0.2) is 0 Å². The third-order valence-corrected chi connectivity index (χ3v) is 6.59. The van der Waals surface area contributed by atoms with E-state index < -0.39 is 0 Å². The predicted molar refractivity (Wildman–Crippen MR) is 77.1 cm³/mol. The third kappa shape index (κ3) is 1.57. The van der Waals surface area contributed by atoms with Crippen LogP contribution in [-0.4, -0.2) is 11.2 Å². The summed E-state index contributed by atoms with van der Waals surface area (Å²) < 4.78 is 0. The molecule has 19 heavy (non-hydrogen) atoms. The molecule has 1 aromatic rings. The Bertz CT molecular complexity index is 494. The lowest BCUT2D eigenvalue weighted by atomic mass is 9.55. The van der Waals surface area contributed by atoms with Gasteiger partial charge in [0.05, 0.1) is 6.10 Å². The maximum atomic E-state index is 10.4. The van der Waals surface area contributed by atoms with E-state index >= 15 is 0 Å². The van der Waals surface area contributed by atoms with Crippen LogP contribution in [0.3, 0.4) is 0 Å². The molecule has 4 rings (SSSR count). The minimum Gasteiger partial charge on any atom is -0.393 e. The van der Waals surface area contributed by atoms with Crippen molar-refractivity contribution in [3.05, 3.63) is 35.4 Å². The first kappa shape index (κ1) is 12.0. The summed E-state index contributed by atoms with van der Waals surface area (Å²) in [5, 5.41) is 10.4. The van der Waals surface area contributed by atoms with Crippen molar-refractivity contribution in [1.29, 1.82) is 0 Å². The minimum absolute atomic E-state index is 0.0457. The first-order chi connectivity index (χ1) is 9.20. The van der Waals surface area contributed by atoms with E-state index in [-0.39, 0.29) is 11.5 Å². The SMILES string of the molecule is C[C@]12CCC3c4ccccc4CC[C@H]3C1CC[C@@H]2O. The zero-order valence-corrected chi connectivity index (χ0v) is 11.8. The fraction of sp³-hybridized carbons (Fsp3) is 0.667. The molecule has 0 bridgehead atoms. The van der Waals surface area contributed by atoms with Crippen LogP contribution in [0.15, 0.2) is 24.3 Å². The first-order valence-corrected chi connectivity index (χ1v) is 7.96. The molecule has 0 heterocycles. The topological polar surface area (TPSA) is 20.2 Å². The minimum atomic E-state index is -0.0457. The molecule has 2 fully saturated rings. The largest absolute Gasteiger partial charge is 0.393 e. The van der Waals surface area contributed by atoms with Crippen LogP contribution in [-0.2, 0) is 6.42 Å². The van der Waals surface area contributed by atoms with E-state index in [0.29, 0.717) is 0 Å². The number of aliphatic hydroxyl groups excluding tert-OH is 1. The van der Waals surface area contributed by atoms with Crippen LogP contribution >= 0.6 is 0 Å². The second kappa shape index (κ2) is 4.09. The lowest BCUT2D eigenvalue weighted by molar-refractivity contribution is -0.0226. The summed E-state index contributed by atoms with van der Waals surface area (Å²) in [6, 6.07) is 9.08. The Labute approximate surface area is 116 Å². The van der Waals surface area contributed by atoms with Crippen LogP contribution in [0.5, 0.6) is 0 Å². The zero-order chi connectivity index (χ0) is 13.0. The molecule has 3 aliphatic carbocycles. The molecule has 2 unspecified atom stereocenters. The molecule has 1 heteroatoms. The van der Waals surface area contributed by atoms with Gasteiger partial charge in [0, 0.05) is 0 Å². The quantitative estimate of drug-likeness (QED) is 0.746. The van der Waals surface area contributed by atoms with E-state index in [2.05, 4.69) is 31.2 Å². The highest BCUT2D eigenvalue weighted by Crippen LogP contribution is 2.60. The molecule has 0 radical (unpaired) electrons. The van der Waals surface area contributed by atoms with Gasteiger partial charge in [0.1, 0.15) is 0 Å². The van der Waals surface area contributed by atoms with Crippen LogP contribution in [0.4, 0.5) is 0 Å². The summed E-state index contributed by atoms with van der Waals surface area (Å²) in [7, 11) is 0. The van der Waals surface area contributed by atoms with Crippen LogP contribution in [0.2, 0.25) is 0 Å². The lowest BCUT2D eigenvalue weighted by Crippen LogP contribution is -2.43. The molecule has 1 nitrogen and oxygen atoms in total. The monoisotopic (exact) mass is 256 g/mol. The van der Waals surface area contributed by atoms with Crippen LogP contribution in [0.25, 0.3) is 0 Å². The Morgan fingerprint density at radius 3 is 2.84 bits per heavy atom. The predicted octanol–water partition coefficient (Wildman–Crippen LogP) is 3.90. The van der Waals surface area contributed by atoms with Gasteiger partial charge >= 0.3 is 0 Å². The standard InChI is InChI=1S/C18H24O/c1-18-11-10-14-13-5-3-2-4-12(13)6-7-15(14)16(18)8-9-17(18)19/h2-5,14-17,19H,6-11H2,1H3/t14?,15-,16?,17+,18+/m1/s1. The summed E-state index contributed by atoms with van der Waals surface area (Å²) in [6.07, 6.45) is 7.33. The molecule has 102 valence electrons. The van der Waals surface area contributed by atoms with E-state index in [1.165, 1.54) is 32.1 Å². The van der Waals surface area contributed by atoms with Crippen molar-refractivity contribution < 1.29 is 5.11 Å². The Kier molecular flexibility index (Phi) is 2.57. The summed E-state index contributed by atoms with van der Waals surface area (Å²) >= 11 is 0. The number of hydrogen-bond donors (Lipinski definition) is 1. The first-order valence-electron chi connectivity index (χ1n) is 7.96. The third-order valence-electron chi connectivity index (χ3n) is 6.59. The van der Waals surface area contributed by atoms with Gasteiger partial charge in [-0.15, -0.1) is 0 Å². The molecule has 0 spiro atoms. The van der Waals surface area contributed by atoms with Gasteiger partial charge in [0.15, 0.2) is 0 Å². The van der Waals surface area contributed by atoms with Gasteiger partial charge in [-0.3, -0.25) is 0 Å². The van der Waals surface area contributed by atoms with Crippen molar-refractivity contribution in [3.63, 3.8) is 0 Å². The summed E-state index contributed by atoms with van der Waals surface area (Å²) in [6.45, 7) is 2.35. The van der Waals surface area contributed by atoms with Crippen molar-refractivity contribution >= 4 is 0 Å². The van der Waals surface area contributed by atoms with Crippen molar-refractivity contribution in [3.8, 4) is 0 Å². The van der Waals surface area contributed by atoms with E-state index in [1.54, 1.807) is 11.1 Å². The molecular formula is C18H24O. The van der Waals surface area contributed by atoms with Crippen molar-refractivity contribution in [2.75, 3.05) is 0 Å². The van der Waals surface area contributed by atoms with Gasteiger partial charge in [-0.1, -0.05) is 31.2 Å². The number of hydrogen-bond acceptors (Lipinski definition) is 1. The van der Waals surface area contributed by atoms with Crippen molar-refractivity contribution in [2.45, 2.75) is 57.5 Å². The highest BCUT2D eigenvalue weighted by molar-refractivity contribution is 5.34. The van der Waals surface area contributed by atoms with Gasteiger partial charge in [0.2, 0.25) is 0 Å². The van der Waals surface area contributed by atoms with Crippen LogP contribution in [0, 0.1) is 17.3 Å². The van der Waals surface area contributed by atoms with Crippen molar-refractivity contribution in [1.82, 2.24) is 0 Å². The summed E-state index contributed by atoms with van der Waals surface area (Å²) in [5.74, 6) is 2.36. The molecule has 2 saturated carbocycles. The van der Waals surface area contributed by atoms with Crippen molar-refractivity contribution in [2.24, 2.45) is 17.3 Å². The van der Waals surface area contributed by atoms with Gasteiger partial charge in [-0.05, 0) is 72.8 Å². The highest BCUT2D eigenvalue weighted by Gasteiger charge is 2.54. The number of benzene rings is 1. The fourth-order valence-corrected chi connectivity index (χ4v) is 5.49. The Hall–Kier alpha value is -0.820. The van der Waals surface area contributed by atoms with E-state index in [1.807, 2.05) is 0 Å². The second-order valence-corrected chi connectivity index (χ2v) is 7.25. The Morgan fingerprint density at radius 2 is 1.95 bits per heavy atom. The Morgan fingerprint density at radius 1 is 1.11 bits per heavy atom. The highest BCUT2D eigenvalue weighted by atomic mass is 16.3. The van der Waals surface area contributed by atoms with Gasteiger partial charge in [0.25, 0.3) is 0 Å². The molecule has 0 aliphatic heterocycles. The average molecular weight is 256 g/mol. The normalized spacial score (nSPS) is 44.3. The smallest absolute Gasteiger partial charge is 0.0596 e. The number of fused-ring (bicyclic) bond motifs is 5. The average Bonchev–Trinajstić information content (AvgIpc) is 2.75. The second-order valence-electron chi connectivity index (χ2n) is 7.25. The molecule has 0 amide bonds. The fourth-order valence-electron chi connectivity index (χ4n) is 5.49.